The van der Waals surface area contributed by atoms with E-state index in [4.69, 9.17) is 9.73 Å². The number of aliphatic imine (C=N–C) groups is 1. The normalized spacial score (nSPS) is 19.7. The zero-order chi connectivity index (χ0) is 26.1. The van der Waals surface area contributed by atoms with Crippen molar-refractivity contribution in [3.63, 3.8) is 0 Å². The predicted molar refractivity (Wildman–Crippen MR) is 158 cm³/mol. The second-order valence-electron chi connectivity index (χ2n) is 10.7. The maximum absolute atomic E-state index is 6.19. The summed E-state index contributed by atoms with van der Waals surface area (Å²) in [5.74, 6) is 1.86. The molecule has 0 bridgehead atoms. The number of benzene rings is 4. The molecule has 4 aromatic rings. The molecular weight excluding hydrogens is 464 g/mol. The van der Waals surface area contributed by atoms with Crippen molar-refractivity contribution < 1.29 is 4.74 Å². The summed E-state index contributed by atoms with van der Waals surface area (Å²) in [4.78, 5) is 4.78. The third kappa shape index (κ3) is 5.02. The van der Waals surface area contributed by atoms with Crippen molar-refractivity contribution in [3.05, 3.63) is 136 Å². The number of aryl methyl sites for hydroxylation is 3. The molecule has 1 aliphatic carbocycles. The number of rotatable bonds is 6. The van der Waals surface area contributed by atoms with Crippen molar-refractivity contribution in [1.82, 2.24) is 0 Å². The molecule has 6 rings (SSSR count). The van der Waals surface area contributed by atoms with E-state index in [9.17, 15) is 0 Å². The van der Waals surface area contributed by atoms with Crippen molar-refractivity contribution in [2.75, 3.05) is 5.32 Å². The lowest BCUT2D eigenvalue weighted by atomic mass is 9.76. The van der Waals surface area contributed by atoms with Gasteiger partial charge < -0.3 is 10.1 Å². The van der Waals surface area contributed by atoms with Crippen molar-refractivity contribution in [1.29, 1.82) is 0 Å². The molecule has 3 heteroatoms. The highest BCUT2D eigenvalue weighted by Crippen LogP contribution is 2.50. The zero-order valence-electron chi connectivity index (χ0n) is 22.3. The van der Waals surface area contributed by atoms with Gasteiger partial charge in [-0.05, 0) is 80.1 Å². The Morgan fingerprint density at radius 1 is 0.868 bits per heavy atom. The van der Waals surface area contributed by atoms with Gasteiger partial charge in [0.1, 0.15) is 12.4 Å². The van der Waals surface area contributed by atoms with Crippen molar-refractivity contribution in [2.24, 2.45) is 10.9 Å². The van der Waals surface area contributed by atoms with Crippen LogP contribution in [0.25, 0.3) is 0 Å². The van der Waals surface area contributed by atoms with Crippen LogP contribution in [0.3, 0.4) is 0 Å². The Labute approximate surface area is 225 Å². The van der Waals surface area contributed by atoms with Gasteiger partial charge in [0.15, 0.2) is 0 Å². The van der Waals surface area contributed by atoms with Crippen LogP contribution in [0.2, 0.25) is 0 Å². The lowest BCUT2D eigenvalue weighted by molar-refractivity contribution is 0.305. The third-order valence-corrected chi connectivity index (χ3v) is 7.72. The summed E-state index contributed by atoms with van der Waals surface area (Å²) in [6, 6.07) is 30.4. The number of anilines is 1. The number of ether oxygens (including phenoxy) is 1. The van der Waals surface area contributed by atoms with Gasteiger partial charge in [0.05, 0.1) is 11.7 Å². The molecule has 0 saturated heterocycles. The Hall–Kier alpha value is -4.11. The average molecular weight is 499 g/mol. The number of nitrogens with one attached hydrogen (secondary N) is 1. The first-order valence-corrected chi connectivity index (χ1v) is 13.5. The van der Waals surface area contributed by atoms with Crippen molar-refractivity contribution in [2.45, 2.75) is 45.8 Å². The first-order chi connectivity index (χ1) is 18.5. The molecule has 2 aliphatic rings. The van der Waals surface area contributed by atoms with Gasteiger partial charge >= 0.3 is 0 Å². The Bertz CT molecular complexity index is 1500. The van der Waals surface area contributed by atoms with Crippen molar-refractivity contribution in [3.8, 4) is 5.75 Å². The number of hydrogen-bond donors (Lipinski definition) is 1. The molecule has 0 saturated carbocycles. The fraction of sp³-hybridized carbons (Fsp3) is 0.229. The lowest BCUT2D eigenvalue weighted by Gasteiger charge is -2.37. The standard InChI is InChI=1S/C35H34N2O/c1-23-11-16-33-32(20-23)30-8-6-9-31(30)35(37-33)27-12-14-29(15-13-27)36-21-28-7-4-5-10-34(28)38-22-26-18-24(2)17-25(3)19-26/h4-8,10-21,30-31,35,37H,9,22H2,1-3H3/t30-,31+,35+/m1/s1. The molecule has 1 N–H and O–H groups in total. The Morgan fingerprint density at radius 2 is 1.66 bits per heavy atom. The number of para-hydroxylation sites is 1. The highest BCUT2D eigenvalue weighted by Gasteiger charge is 2.37. The topological polar surface area (TPSA) is 33.6 Å². The van der Waals surface area contributed by atoms with Gasteiger partial charge in [-0.1, -0.05) is 83.4 Å². The Balaban J connectivity index is 1.17. The second-order valence-corrected chi connectivity index (χ2v) is 10.7. The smallest absolute Gasteiger partial charge is 0.128 e. The number of fused-ring (bicyclic) bond motifs is 3. The van der Waals surface area contributed by atoms with Crippen LogP contribution in [0.1, 0.15) is 57.3 Å². The molecule has 0 aromatic heterocycles. The van der Waals surface area contributed by atoms with Crippen LogP contribution in [0.15, 0.2) is 102 Å². The largest absolute Gasteiger partial charge is 0.488 e. The fourth-order valence-corrected chi connectivity index (χ4v) is 5.99. The monoisotopic (exact) mass is 498 g/mol. The molecule has 0 unspecified atom stereocenters. The van der Waals surface area contributed by atoms with Crippen LogP contribution in [0.5, 0.6) is 5.75 Å². The van der Waals surface area contributed by atoms with E-state index in [2.05, 4.69) is 98.9 Å². The van der Waals surface area contributed by atoms with E-state index in [-0.39, 0.29) is 0 Å². The van der Waals surface area contributed by atoms with Gasteiger partial charge in [0, 0.05) is 23.4 Å². The van der Waals surface area contributed by atoms with E-state index in [1.54, 1.807) is 0 Å². The van der Waals surface area contributed by atoms with E-state index in [1.807, 2.05) is 30.5 Å². The van der Waals surface area contributed by atoms with Gasteiger partial charge in [-0.25, -0.2) is 0 Å². The molecule has 0 radical (unpaired) electrons. The molecular formula is C35H34N2O. The summed E-state index contributed by atoms with van der Waals surface area (Å²) >= 11 is 0. The van der Waals surface area contributed by atoms with Crippen LogP contribution in [0, 0.1) is 26.7 Å². The van der Waals surface area contributed by atoms with E-state index in [1.165, 1.54) is 39.1 Å². The summed E-state index contributed by atoms with van der Waals surface area (Å²) in [5, 5.41) is 3.84. The zero-order valence-corrected chi connectivity index (χ0v) is 22.3. The second kappa shape index (κ2) is 10.3. The van der Waals surface area contributed by atoms with Crippen molar-refractivity contribution >= 4 is 17.6 Å². The maximum atomic E-state index is 6.19. The van der Waals surface area contributed by atoms with Crippen LogP contribution >= 0.6 is 0 Å². The minimum Gasteiger partial charge on any atom is -0.488 e. The van der Waals surface area contributed by atoms with E-state index < -0.39 is 0 Å². The maximum Gasteiger partial charge on any atom is 0.128 e. The Morgan fingerprint density at radius 3 is 2.47 bits per heavy atom. The van der Waals surface area contributed by atoms with Gasteiger partial charge in [-0.2, -0.15) is 0 Å². The molecule has 3 nitrogen and oxygen atoms in total. The highest BCUT2D eigenvalue weighted by atomic mass is 16.5. The van der Waals surface area contributed by atoms with Crippen LogP contribution < -0.4 is 10.1 Å². The fourth-order valence-electron chi connectivity index (χ4n) is 5.99. The van der Waals surface area contributed by atoms with E-state index in [0.717, 1.165) is 23.4 Å². The van der Waals surface area contributed by atoms with Gasteiger partial charge in [0.2, 0.25) is 0 Å². The van der Waals surface area contributed by atoms with Crippen LogP contribution in [-0.4, -0.2) is 6.21 Å². The summed E-state index contributed by atoms with van der Waals surface area (Å²) in [6.07, 6.45) is 7.75. The van der Waals surface area contributed by atoms with E-state index >= 15 is 0 Å². The van der Waals surface area contributed by atoms with Gasteiger partial charge in [0.25, 0.3) is 0 Å². The first kappa shape index (κ1) is 24.2. The van der Waals surface area contributed by atoms with Gasteiger partial charge in [-0.3, -0.25) is 4.99 Å². The van der Waals surface area contributed by atoms with E-state index in [0.29, 0.717) is 24.5 Å². The molecule has 1 heterocycles. The minimum absolute atomic E-state index is 0.294. The molecule has 0 fully saturated rings. The summed E-state index contributed by atoms with van der Waals surface area (Å²) in [6.45, 7) is 6.95. The molecule has 0 spiro atoms. The van der Waals surface area contributed by atoms with Gasteiger partial charge in [-0.15, -0.1) is 0 Å². The third-order valence-electron chi connectivity index (χ3n) is 7.72. The summed E-state index contributed by atoms with van der Waals surface area (Å²) in [7, 11) is 0. The average Bonchev–Trinajstić information content (AvgIpc) is 3.41. The minimum atomic E-state index is 0.294. The lowest BCUT2D eigenvalue weighted by Crippen LogP contribution is -2.29. The molecule has 4 aromatic carbocycles. The highest BCUT2D eigenvalue weighted by molar-refractivity contribution is 5.85. The predicted octanol–water partition coefficient (Wildman–Crippen LogP) is 8.77. The number of hydrogen-bond acceptors (Lipinski definition) is 3. The molecule has 0 amide bonds. The van der Waals surface area contributed by atoms with Crippen LogP contribution in [0.4, 0.5) is 11.4 Å². The number of allylic oxidation sites excluding steroid dienone is 2. The summed E-state index contributed by atoms with van der Waals surface area (Å²) in [5.41, 5.74) is 10.9. The SMILES string of the molecule is Cc1cc(C)cc(COc2ccccc2C=Nc2ccc([C@@H]3Nc4ccc(C)cc4[C@@H]4C=CC[C@@H]43)cc2)c1. The molecule has 3 atom stereocenters. The molecule has 38 heavy (non-hydrogen) atoms. The molecule has 1 aliphatic heterocycles. The van der Waals surface area contributed by atoms with Crippen LogP contribution in [-0.2, 0) is 6.61 Å². The Kier molecular flexibility index (Phi) is 6.59. The quantitative estimate of drug-likeness (QED) is 0.213. The summed E-state index contributed by atoms with van der Waals surface area (Å²) < 4.78 is 6.19. The molecule has 190 valence electrons. The first-order valence-electron chi connectivity index (χ1n) is 13.5. The number of nitrogens with zero attached hydrogens (tertiary/aromatic N) is 1.